The van der Waals surface area contributed by atoms with Crippen LogP contribution in [-0.4, -0.2) is 28.2 Å². The van der Waals surface area contributed by atoms with Crippen LogP contribution in [0.25, 0.3) is 0 Å². The maximum Gasteiger partial charge on any atom is 0.335 e. The smallest absolute Gasteiger partial charge is 0.335 e. The number of carboxylic acids is 1. The monoisotopic (exact) mass is 273 g/mol. The van der Waals surface area contributed by atoms with E-state index in [1.807, 2.05) is 0 Å². The van der Waals surface area contributed by atoms with Crippen molar-refractivity contribution in [3.63, 3.8) is 0 Å². The van der Waals surface area contributed by atoms with E-state index in [0.29, 0.717) is 18.2 Å². The Morgan fingerprint density at radius 3 is 2.60 bits per heavy atom. The first-order chi connectivity index (χ1) is 9.58. The number of aryl methyl sites for hydroxylation is 1. The first kappa shape index (κ1) is 14.0. The van der Waals surface area contributed by atoms with Crippen molar-refractivity contribution in [1.82, 2.24) is 9.97 Å². The van der Waals surface area contributed by atoms with Crippen LogP contribution >= 0.6 is 0 Å². The highest BCUT2D eigenvalue weighted by Gasteiger charge is 2.04. The molecule has 0 amide bonds. The number of nitrogens with zero attached hydrogens (tertiary/aromatic N) is 2. The molecular weight excluding hydrogens is 258 g/mol. The lowest BCUT2D eigenvalue weighted by Crippen LogP contribution is -2.02. The largest absolute Gasteiger partial charge is 0.478 e. The predicted octanol–water partition coefficient (Wildman–Crippen LogP) is 2.37. The Labute approximate surface area is 116 Å². The topological polar surface area (TPSA) is 84.3 Å². The van der Waals surface area contributed by atoms with Crippen molar-refractivity contribution >= 4 is 17.5 Å². The number of aromatic nitrogens is 2. The third-order valence-electron chi connectivity index (χ3n) is 2.59. The van der Waals surface area contributed by atoms with E-state index in [1.54, 1.807) is 32.2 Å². The first-order valence-corrected chi connectivity index (χ1v) is 6.02. The van der Waals surface area contributed by atoms with Crippen molar-refractivity contribution in [2.75, 3.05) is 12.4 Å². The molecule has 0 bridgehead atoms. The van der Waals surface area contributed by atoms with Gasteiger partial charge in [-0.1, -0.05) is 0 Å². The summed E-state index contributed by atoms with van der Waals surface area (Å²) in [4.78, 5) is 19.3. The summed E-state index contributed by atoms with van der Waals surface area (Å²) in [6.07, 6.45) is 0. The fourth-order valence-corrected chi connectivity index (χ4v) is 1.76. The number of anilines is 2. The van der Waals surface area contributed by atoms with Crippen molar-refractivity contribution in [1.29, 1.82) is 0 Å². The van der Waals surface area contributed by atoms with Crippen LogP contribution in [0.3, 0.4) is 0 Å². The van der Waals surface area contributed by atoms with Crippen LogP contribution in [-0.2, 0) is 11.3 Å². The highest BCUT2D eigenvalue weighted by Crippen LogP contribution is 2.16. The molecule has 0 atom stereocenters. The van der Waals surface area contributed by atoms with Gasteiger partial charge in [-0.2, -0.15) is 0 Å². The van der Waals surface area contributed by atoms with Gasteiger partial charge in [0.1, 0.15) is 11.6 Å². The van der Waals surface area contributed by atoms with Crippen LogP contribution in [0.15, 0.2) is 30.3 Å². The number of hydrogen-bond acceptors (Lipinski definition) is 5. The van der Waals surface area contributed by atoms with E-state index in [2.05, 4.69) is 15.3 Å². The Morgan fingerprint density at radius 2 is 2.00 bits per heavy atom. The third-order valence-corrected chi connectivity index (χ3v) is 2.59. The number of carboxylic acid groups (broad SMARTS) is 1. The van der Waals surface area contributed by atoms with Gasteiger partial charge in [-0.05, 0) is 31.2 Å². The first-order valence-electron chi connectivity index (χ1n) is 6.02. The molecule has 6 heteroatoms. The predicted molar refractivity (Wildman–Crippen MR) is 74.2 cm³/mol. The molecule has 1 aromatic carbocycles. The maximum atomic E-state index is 10.8. The van der Waals surface area contributed by atoms with Crippen LogP contribution in [0.2, 0.25) is 0 Å². The number of ether oxygens (including phenoxy) is 1. The average molecular weight is 273 g/mol. The summed E-state index contributed by atoms with van der Waals surface area (Å²) in [5.41, 5.74) is 1.79. The van der Waals surface area contributed by atoms with E-state index < -0.39 is 5.97 Å². The Kier molecular flexibility index (Phi) is 4.27. The summed E-state index contributed by atoms with van der Waals surface area (Å²) in [5.74, 6) is 0.341. The Morgan fingerprint density at radius 1 is 1.30 bits per heavy atom. The molecule has 1 aromatic heterocycles. The molecule has 0 spiro atoms. The summed E-state index contributed by atoms with van der Waals surface area (Å²) in [7, 11) is 1.61. The van der Waals surface area contributed by atoms with Gasteiger partial charge >= 0.3 is 5.97 Å². The molecule has 1 heterocycles. The number of benzene rings is 1. The zero-order chi connectivity index (χ0) is 14.5. The van der Waals surface area contributed by atoms with Crippen LogP contribution < -0.4 is 5.32 Å². The number of rotatable bonds is 5. The molecule has 0 saturated heterocycles. The standard InChI is InChI=1S/C14H15N3O3/c1-9-15-12(8-20-2)7-13(16-9)17-11-5-3-10(4-6-11)14(18)19/h3-7H,8H2,1-2H3,(H,18,19)(H,15,16,17). The van der Waals surface area contributed by atoms with E-state index in [1.165, 1.54) is 12.1 Å². The fourth-order valence-electron chi connectivity index (χ4n) is 1.76. The van der Waals surface area contributed by atoms with Crippen LogP contribution in [0.1, 0.15) is 21.9 Å². The summed E-state index contributed by atoms with van der Waals surface area (Å²) in [5, 5.41) is 12.0. The lowest BCUT2D eigenvalue weighted by Gasteiger charge is -2.08. The van der Waals surface area contributed by atoms with Crippen LogP contribution in [0.5, 0.6) is 0 Å². The summed E-state index contributed by atoms with van der Waals surface area (Å²) in [6.45, 7) is 2.22. The van der Waals surface area contributed by atoms with Gasteiger partial charge in [-0.3, -0.25) is 0 Å². The minimum atomic E-state index is -0.947. The average Bonchev–Trinajstić information content (AvgIpc) is 2.39. The van der Waals surface area contributed by atoms with E-state index in [-0.39, 0.29) is 5.56 Å². The molecule has 0 fully saturated rings. The summed E-state index contributed by atoms with van der Waals surface area (Å²) < 4.78 is 5.05. The van der Waals surface area contributed by atoms with Gasteiger partial charge in [0.25, 0.3) is 0 Å². The number of methoxy groups -OCH3 is 1. The van der Waals surface area contributed by atoms with Gasteiger partial charge in [-0.15, -0.1) is 0 Å². The second kappa shape index (κ2) is 6.12. The molecule has 2 N–H and O–H groups in total. The molecule has 6 nitrogen and oxygen atoms in total. The normalized spacial score (nSPS) is 10.3. The Hall–Kier alpha value is -2.47. The molecule has 104 valence electrons. The number of nitrogens with one attached hydrogen (secondary N) is 1. The minimum Gasteiger partial charge on any atom is -0.478 e. The molecule has 0 aliphatic heterocycles. The molecule has 0 aliphatic carbocycles. The van der Waals surface area contributed by atoms with Crippen molar-refractivity contribution in [2.45, 2.75) is 13.5 Å². The van der Waals surface area contributed by atoms with Gasteiger partial charge in [0.05, 0.1) is 17.9 Å². The van der Waals surface area contributed by atoms with Crippen LogP contribution in [0, 0.1) is 6.92 Å². The summed E-state index contributed by atoms with van der Waals surface area (Å²) in [6, 6.07) is 8.25. The van der Waals surface area contributed by atoms with E-state index in [9.17, 15) is 4.79 Å². The van der Waals surface area contributed by atoms with E-state index in [4.69, 9.17) is 9.84 Å². The van der Waals surface area contributed by atoms with Crippen molar-refractivity contribution in [2.24, 2.45) is 0 Å². The molecule has 2 rings (SSSR count). The lowest BCUT2D eigenvalue weighted by atomic mass is 10.2. The number of carbonyl (C=O) groups is 1. The fraction of sp³-hybridized carbons (Fsp3) is 0.214. The van der Waals surface area contributed by atoms with E-state index >= 15 is 0 Å². The van der Waals surface area contributed by atoms with Gasteiger partial charge in [0, 0.05) is 18.9 Å². The molecule has 0 radical (unpaired) electrons. The molecule has 0 aliphatic rings. The molecule has 20 heavy (non-hydrogen) atoms. The van der Waals surface area contributed by atoms with Crippen molar-refractivity contribution in [3.05, 3.63) is 47.4 Å². The van der Waals surface area contributed by atoms with Gasteiger partial charge in [-0.25, -0.2) is 14.8 Å². The zero-order valence-corrected chi connectivity index (χ0v) is 11.3. The Bertz CT molecular complexity index is 612. The maximum absolute atomic E-state index is 10.8. The highest BCUT2D eigenvalue weighted by molar-refractivity contribution is 5.88. The van der Waals surface area contributed by atoms with Crippen LogP contribution in [0.4, 0.5) is 11.5 Å². The molecule has 0 saturated carbocycles. The third kappa shape index (κ3) is 3.52. The van der Waals surface area contributed by atoms with Gasteiger partial charge < -0.3 is 15.2 Å². The SMILES string of the molecule is COCc1cc(Nc2ccc(C(=O)O)cc2)nc(C)n1. The molecule has 2 aromatic rings. The highest BCUT2D eigenvalue weighted by atomic mass is 16.5. The molecular formula is C14H15N3O3. The quantitative estimate of drug-likeness (QED) is 0.870. The van der Waals surface area contributed by atoms with E-state index in [0.717, 1.165) is 11.4 Å². The van der Waals surface area contributed by atoms with Crippen molar-refractivity contribution in [3.8, 4) is 0 Å². The van der Waals surface area contributed by atoms with Gasteiger partial charge in [0.2, 0.25) is 0 Å². The van der Waals surface area contributed by atoms with Crippen molar-refractivity contribution < 1.29 is 14.6 Å². The zero-order valence-electron chi connectivity index (χ0n) is 11.3. The second-order valence-electron chi connectivity index (χ2n) is 4.23. The Balaban J connectivity index is 2.18. The number of aromatic carboxylic acids is 1. The lowest BCUT2D eigenvalue weighted by molar-refractivity contribution is 0.0697. The number of hydrogen-bond donors (Lipinski definition) is 2. The second-order valence-corrected chi connectivity index (χ2v) is 4.23. The van der Waals surface area contributed by atoms with Gasteiger partial charge in [0.15, 0.2) is 0 Å². The summed E-state index contributed by atoms with van der Waals surface area (Å²) >= 11 is 0. The molecule has 0 unspecified atom stereocenters. The minimum absolute atomic E-state index is 0.245.